The summed E-state index contributed by atoms with van der Waals surface area (Å²) in [6.07, 6.45) is 2.33. The van der Waals surface area contributed by atoms with Gasteiger partial charge in [0, 0.05) is 6.54 Å². The Morgan fingerprint density at radius 1 is 1.58 bits per heavy atom. The standard InChI is InChI=1S/C8H13F2NO/c1-3-4-11-5-7(2)12-6-8(9)10/h1,7-8,11H,4-6H2,2H3. The maximum absolute atomic E-state index is 11.6. The number of ether oxygens (including phenoxy) is 1. The summed E-state index contributed by atoms with van der Waals surface area (Å²) in [7, 11) is 0. The molecule has 0 amide bonds. The van der Waals surface area contributed by atoms with Crippen molar-refractivity contribution in [2.45, 2.75) is 19.5 Å². The van der Waals surface area contributed by atoms with E-state index < -0.39 is 13.0 Å². The summed E-state index contributed by atoms with van der Waals surface area (Å²) in [5.41, 5.74) is 0. The summed E-state index contributed by atoms with van der Waals surface area (Å²) in [6.45, 7) is 2.13. The fourth-order valence-electron chi connectivity index (χ4n) is 0.644. The van der Waals surface area contributed by atoms with Crippen molar-refractivity contribution in [2.75, 3.05) is 19.7 Å². The SMILES string of the molecule is C#CCNCC(C)OCC(F)F. The van der Waals surface area contributed by atoms with Gasteiger partial charge >= 0.3 is 0 Å². The first-order valence-electron chi connectivity index (χ1n) is 3.70. The molecule has 0 saturated carbocycles. The summed E-state index contributed by atoms with van der Waals surface area (Å²) in [4.78, 5) is 0. The Kier molecular flexibility index (Phi) is 6.63. The van der Waals surface area contributed by atoms with E-state index in [0.29, 0.717) is 13.1 Å². The van der Waals surface area contributed by atoms with Gasteiger partial charge in [0.15, 0.2) is 0 Å². The van der Waals surface area contributed by atoms with E-state index in [-0.39, 0.29) is 6.10 Å². The highest BCUT2D eigenvalue weighted by atomic mass is 19.3. The Hall–Kier alpha value is -0.660. The number of rotatable bonds is 6. The van der Waals surface area contributed by atoms with Gasteiger partial charge in [-0.2, -0.15) is 0 Å². The second-order valence-electron chi connectivity index (χ2n) is 2.37. The molecule has 0 saturated heterocycles. The van der Waals surface area contributed by atoms with E-state index in [4.69, 9.17) is 11.2 Å². The largest absolute Gasteiger partial charge is 0.371 e. The minimum atomic E-state index is -2.40. The lowest BCUT2D eigenvalue weighted by atomic mass is 10.4. The van der Waals surface area contributed by atoms with E-state index in [9.17, 15) is 8.78 Å². The van der Waals surface area contributed by atoms with Crippen molar-refractivity contribution < 1.29 is 13.5 Å². The molecule has 0 bridgehead atoms. The van der Waals surface area contributed by atoms with Crippen molar-refractivity contribution in [3.8, 4) is 12.3 Å². The van der Waals surface area contributed by atoms with Crippen molar-refractivity contribution in [1.29, 1.82) is 0 Å². The van der Waals surface area contributed by atoms with Gasteiger partial charge in [-0.25, -0.2) is 8.78 Å². The van der Waals surface area contributed by atoms with Crippen molar-refractivity contribution >= 4 is 0 Å². The van der Waals surface area contributed by atoms with Crippen LogP contribution in [0.15, 0.2) is 0 Å². The average Bonchev–Trinajstić information content (AvgIpc) is 2.01. The van der Waals surface area contributed by atoms with Gasteiger partial charge in [-0.15, -0.1) is 6.42 Å². The number of alkyl halides is 2. The number of halogens is 2. The normalized spacial score (nSPS) is 12.9. The molecule has 0 spiro atoms. The molecule has 0 rings (SSSR count). The quantitative estimate of drug-likeness (QED) is 0.480. The molecule has 12 heavy (non-hydrogen) atoms. The first-order chi connectivity index (χ1) is 5.66. The van der Waals surface area contributed by atoms with Crippen LogP contribution in [0.25, 0.3) is 0 Å². The van der Waals surface area contributed by atoms with Gasteiger partial charge in [0.1, 0.15) is 6.61 Å². The van der Waals surface area contributed by atoms with Gasteiger partial charge in [-0.1, -0.05) is 5.92 Å². The molecule has 0 aliphatic rings. The van der Waals surface area contributed by atoms with E-state index in [1.165, 1.54) is 0 Å². The van der Waals surface area contributed by atoms with Crippen LogP contribution in [0, 0.1) is 12.3 Å². The van der Waals surface area contributed by atoms with Crippen LogP contribution in [-0.2, 0) is 4.74 Å². The predicted molar refractivity (Wildman–Crippen MR) is 43.1 cm³/mol. The maximum atomic E-state index is 11.6. The van der Waals surface area contributed by atoms with Crippen LogP contribution in [0.1, 0.15) is 6.92 Å². The van der Waals surface area contributed by atoms with Crippen LogP contribution in [0.2, 0.25) is 0 Å². The topological polar surface area (TPSA) is 21.3 Å². The Balaban J connectivity index is 3.22. The fourth-order valence-corrected chi connectivity index (χ4v) is 0.644. The Morgan fingerprint density at radius 3 is 2.75 bits per heavy atom. The molecule has 0 aromatic heterocycles. The van der Waals surface area contributed by atoms with Gasteiger partial charge in [0.25, 0.3) is 6.43 Å². The zero-order valence-corrected chi connectivity index (χ0v) is 7.02. The van der Waals surface area contributed by atoms with Crippen LogP contribution in [0.3, 0.4) is 0 Å². The van der Waals surface area contributed by atoms with E-state index in [1.54, 1.807) is 6.92 Å². The lowest BCUT2D eigenvalue weighted by Gasteiger charge is -2.12. The highest BCUT2D eigenvalue weighted by Gasteiger charge is 2.06. The second kappa shape index (κ2) is 7.01. The molecule has 0 aliphatic heterocycles. The zero-order valence-electron chi connectivity index (χ0n) is 7.02. The van der Waals surface area contributed by atoms with Gasteiger partial charge in [0.2, 0.25) is 0 Å². The maximum Gasteiger partial charge on any atom is 0.261 e. The highest BCUT2D eigenvalue weighted by molar-refractivity contribution is 4.86. The monoisotopic (exact) mass is 177 g/mol. The molecule has 0 aromatic carbocycles. The summed E-state index contributed by atoms with van der Waals surface area (Å²) in [5.74, 6) is 2.37. The molecule has 1 atom stereocenters. The van der Waals surface area contributed by atoms with Crippen molar-refractivity contribution in [1.82, 2.24) is 5.32 Å². The third-order valence-electron chi connectivity index (χ3n) is 1.17. The van der Waals surface area contributed by atoms with Crippen molar-refractivity contribution in [3.63, 3.8) is 0 Å². The summed E-state index contributed by atoms with van der Waals surface area (Å²) in [6, 6.07) is 0. The predicted octanol–water partition coefficient (Wildman–Crippen LogP) is 0.879. The summed E-state index contributed by atoms with van der Waals surface area (Å²) < 4.78 is 28.0. The fraction of sp³-hybridized carbons (Fsp3) is 0.750. The highest BCUT2D eigenvalue weighted by Crippen LogP contribution is 1.96. The van der Waals surface area contributed by atoms with Gasteiger partial charge in [-0.3, -0.25) is 0 Å². The molecule has 1 N–H and O–H groups in total. The minimum Gasteiger partial charge on any atom is -0.371 e. The van der Waals surface area contributed by atoms with E-state index in [2.05, 4.69) is 11.2 Å². The summed E-state index contributed by atoms with van der Waals surface area (Å²) >= 11 is 0. The van der Waals surface area contributed by atoms with E-state index >= 15 is 0 Å². The van der Waals surface area contributed by atoms with Crippen LogP contribution in [0.5, 0.6) is 0 Å². The molecule has 0 aliphatic carbocycles. The third kappa shape index (κ3) is 7.45. The number of hydrogen-bond acceptors (Lipinski definition) is 2. The molecule has 2 nitrogen and oxygen atoms in total. The molecule has 70 valence electrons. The zero-order chi connectivity index (χ0) is 9.40. The molecule has 0 heterocycles. The molecule has 0 aromatic rings. The van der Waals surface area contributed by atoms with E-state index in [0.717, 1.165) is 0 Å². The van der Waals surface area contributed by atoms with Gasteiger partial charge < -0.3 is 10.1 Å². The lowest BCUT2D eigenvalue weighted by molar-refractivity contribution is -0.0160. The smallest absolute Gasteiger partial charge is 0.261 e. The second-order valence-corrected chi connectivity index (χ2v) is 2.37. The van der Waals surface area contributed by atoms with Gasteiger partial charge in [0.05, 0.1) is 12.6 Å². The molecular formula is C8H13F2NO. The molecule has 0 fully saturated rings. The number of hydrogen-bond donors (Lipinski definition) is 1. The third-order valence-corrected chi connectivity index (χ3v) is 1.17. The van der Waals surface area contributed by atoms with E-state index in [1.807, 2.05) is 0 Å². The Bertz CT molecular complexity index is 144. The first kappa shape index (κ1) is 11.3. The number of nitrogens with one attached hydrogen (secondary N) is 1. The first-order valence-corrected chi connectivity index (χ1v) is 3.70. The molecule has 4 heteroatoms. The average molecular weight is 177 g/mol. The van der Waals surface area contributed by atoms with Crippen molar-refractivity contribution in [3.05, 3.63) is 0 Å². The van der Waals surface area contributed by atoms with Gasteiger partial charge in [-0.05, 0) is 6.92 Å². The van der Waals surface area contributed by atoms with Crippen LogP contribution < -0.4 is 5.32 Å². The van der Waals surface area contributed by atoms with Crippen LogP contribution in [0.4, 0.5) is 8.78 Å². The summed E-state index contributed by atoms with van der Waals surface area (Å²) in [5, 5.41) is 2.85. The molecule has 0 radical (unpaired) electrons. The Morgan fingerprint density at radius 2 is 2.25 bits per heavy atom. The van der Waals surface area contributed by atoms with Crippen LogP contribution in [-0.4, -0.2) is 32.2 Å². The molecular weight excluding hydrogens is 164 g/mol. The van der Waals surface area contributed by atoms with Crippen LogP contribution >= 0.6 is 0 Å². The molecule has 1 unspecified atom stereocenters. The number of terminal acetylenes is 1. The lowest BCUT2D eigenvalue weighted by Crippen LogP contribution is -2.28. The van der Waals surface area contributed by atoms with Crippen molar-refractivity contribution in [2.24, 2.45) is 0 Å². The minimum absolute atomic E-state index is 0.229. The Labute approximate surface area is 71.3 Å².